The van der Waals surface area contributed by atoms with Crippen molar-refractivity contribution < 1.29 is 23.0 Å². The molecule has 0 aromatic heterocycles. The summed E-state index contributed by atoms with van der Waals surface area (Å²) in [6.45, 7) is 4.88. The molecule has 2 aliphatic rings. The maximum Gasteiger partial charge on any atom is 0.427 e. The number of fused-ring (bicyclic) bond motifs is 2. The highest BCUT2D eigenvalue weighted by Crippen LogP contribution is 2.71. The molecule has 1 unspecified atom stereocenters. The van der Waals surface area contributed by atoms with Crippen LogP contribution in [0.5, 0.6) is 0 Å². The van der Waals surface area contributed by atoms with Crippen molar-refractivity contribution >= 4 is 11.4 Å². The summed E-state index contributed by atoms with van der Waals surface area (Å²) in [4.78, 5) is 0. The maximum atomic E-state index is 13.9. The molecule has 2 saturated carbocycles. The van der Waals surface area contributed by atoms with Gasteiger partial charge in [0.15, 0.2) is 0 Å². The van der Waals surface area contributed by atoms with Crippen LogP contribution in [0.3, 0.4) is 0 Å². The van der Waals surface area contributed by atoms with Crippen LogP contribution in [0.15, 0.2) is 30.3 Å². The van der Waals surface area contributed by atoms with Gasteiger partial charge < -0.3 is 10.3 Å². The average molecular weight is 327 g/mol. The molecule has 2 aliphatic carbocycles. The van der Waals surface area contributed by atoms with Gasteiger partial charge in [0.1, 0.15) is 0 Å². The Morgan fingerprint density at radius 2 is 1.74 bits per heavy atom. The first-order chi connectivity index (χ1) is 10.5. The van der Waals surface area contributed by atoms with Gasteiger partial charge in [0.2, 0.25) is 17.0 Å². The lowest BCUT2D eigenvalue weighted by molar-refractivity contribution is -0.383. The number of halogens is 3. The molecule has 3 atom stereocenters. The fourth-order valence-corrected chi connectivity index (χ4v) is 4.61. The van der Waals surface area contributed by atoms with Crippen molar-refractivity contribution in [3.8, 4) is 0 Å². The molecule has 2 fully saturated rings. The molecule has 0 heterocycles. The Morgan fingerprint density at radius 3 is 2.26 bits per heavy atom. The molecule has 6 heteroatoms. The van der Waals surface area contributed by atoms with Crippen LogP contribution in [-0.4, -0.2) is 27.3 Å². The highest BCUT2D eigenvalue weighted by molar-refractivity contribution is 5.97. The third-order valence-corrected chi connectivity index (χ3v) is 6.35. The quantitative estimate of drug-likeness (QED) is 0.481. The van der Waals surface area contributed by atoms with E-state index in [0.717, 1.165) is 0 Å². The number of hydrogen-bond acceptors (Lipinski definition) is 2. The maximum absolute atomic E-state index is 13.9. The summed E-state index contributed by atoms with van der Waals surface area (Å²) in [6, 6.07) is 7.78. The Hall–Kier alpha value is -1.56. The Kier molecular flexibility index (Phi) is 3.19. The number of alkyl halides is 3. The second kappa shape index (κ2) is 4.50. The van der Waals surface area contributed by atoms with Crippen LogP contribution >= 0.6 is 0 Å². The fraction of sp³-hybridized carbons (Fsp3) is 0.588. The normalized spacial score (nSPS) is 38.0. The van der Waals surface area contributed by atoms with Gasteiger partial charge in [-0.1, -0.05) is 39.0 Å². The molecule has 1 aromatic carbocycles. The minimum Gasteiger partial charge on any atom is -0.618 e. The van der Waals surface area contributed by atoms with Gasteiger partial charge in [-0.2, -0.15) is 17.9 Å². The number of rotatable bonds is 1. The van der Waals surface area contributed by atoms with Gasteiger partial charge in [-0.3, -0.25) is 0 Å². The smallest absolute Gasteiger partial charge is 0.427 e. The van der Waals surface area contributed by atoms with Gasteiger partial charge >= 0.3 is 6.18 Å². The standard InChI is InChI=1S/C17H20F3NO2/c1-14(2)12-9-10-15(14,3)16(22,17(18,19)20)13(12)21(23)11-7-5-4-6-8-11/h4-8,12,22H,9-10H2,1-3H3/b21-13-/t12?,15-,16-/m1/s1. The molecular weight excluding hydrogens is 307 g/mol. The number of para-hydroxylation sites is 1. The van der Waals surface area contributed by atoms with Gasteiger partial charge in [-0.25, -0.2) is 0 Å². The summed E-state index contributed by atoms with van der Waals surface area (Å²) in [5.74, 6) is -0.600. The van der Waals surface area contributed by atoms with Crippen LogP contribution < -0.4 is 0 Å². The predicted molar refractivity (Wildman–Crippen MR) is 80.4 cm³/mol. The van der Waals surface area contributed by atoms with Gasteiger partial charge in [-0.05, 0) is 18.3 Å². The molecule has 0 saturated heterocycles. The van der Waals surface area contributed by atoms with E-state index in [4.69, 9.17) is 0 Å². The van der Waals surface area contributed by atoms with Crippen molar-refractivity contribution in [2.45, 2.75) is 45.4 Å². The van der Waals surface area contributed by atoms with E-state index < -0.39 is 34.2 Å². The third kappa shape index (κ3) is 1.73. The molecule has 0 amide bonds. The molecule has 1 N–H and O–H groups in total. The van der Waals surface area contributed by atoms with Crippen LogP contribution in [0, 0.1) is 22.0 Å². The molecule has 1 aromatic rings. The van der Waals surface area contributed by atoms with E-state index in [-0.39, 0.29) is 12.1 Å². The molecule has 0 aliphatic heterocycles. The third-order valence-electron chi connectivity index (χ3n) is 6.35. The molecule has 23 heavy (non-hydrogen) atoms. The first kappa shape index (κ1) is 16.3. The van der Waals surface area contributed by atoms with E-state index in [1.807, 2.05) is 0 Å². The zero-order chi connectivity index (χ0) is 17.3. The Labute approximate surface area is 133 Å². The largest absolute Gasteiger partial charge is 0.618 e. The number of aliphatic hydroxyl groups is 1. The highest BCUT2D eigenvalue weighted by atomic mass is 19.4. The summed E-state index contributed by atoms with van der Waals surface area (Å²) in [7, 11) is 0. The summed E-state index contributed by atoms with van der Waals surface area (Å²) < 4.78 is 41.9. The van der Waals surface area contributed by atoms with Gasteiger partial charge in [0, 0.05) is 17.5 Å². The zero-order valence-electron chi connectivity index (χ0n) is 13.3. The minimum atomic E-state index is -4.90. The fourth-order valence-electron chi connectivity index (χ4n) is 4.61. The lowest BCUT2D eigenvalue weighted by atomic mass is 9.64. The Morgan fingerprint density at radius 1 is 1.17 bits per heavy atom. The van der Waals surface area contributed by atoms with E-state index in [1.165, 1.54) is 19.1 Å². The average Bonchev–Trinajstić information content (AvgIpc) is 2.78. The molecule has 3 nitrogen and oxygen atoms in total. The number of hydrogen-bond donors (Lipinski definition) is 1. The van der Waals surface area contributed by atoms with Crippen molar-refractivity contribution in [1.29, 1.82) is 0 Å². The van der Waals surface area contributed by atoms with Crippen LogP contribution in [0.2, 0.25) is 0 Å². The van der Waals surface area contributed by atoms with Crippen molar-refractivity contribution in [3.63, 3.8) is 0 Å². The summed E-state index contributed by atoms with van der Waals surface area (Å²) in [6.07, 6.45) is -4.18. The van der Waals surface area contributed by atoms with Crippen molar-refractivity contribution in [2.75, 3.05) is 0 Å². The van der Waals surface area contributed by atoms with Crippen molar-refractivity contribution in [2.24, 2.45) is 16.7 Å². The monoisotopic (exact) mass is 327 g/mol. The first-order valence-corrected chi connectivity index (χ1v) is 7.67. The van der Waals surface area contributed by atoms with E-state index in [9.17, 15) is 23.5 Å². The molecule has 3 rings (SSSR count). The lowest BCUT2D eigenvalue weighted by Gasteiger charge is -2.44. The SMILES string of the molecule is CC1(C)C2CC[C@@]1(C)[C@@](O)(C(F)(F)F)/C2=[N+](\[O-])c1ccccc1. The molecule has 126 valence electrons. The van der Waals surface area contributed by atoms with E-state index in [2.05, 4.69) is 0 Å². The predicted octanol–water partition coefficient (Wildman–Crippen LogP) is 4.02. The second-order valence-electron chi connectivity index (χ2n) is 7.37. The van der Waals surface area contributed by atoms with Crippen LogP contribution in [0.4, 0.5) is 18.9 Å². The second-order valence-corrected chi connectivity index (χ2v) is 7.37. The molecule has 0 spiro atoms. The summed E-state index contributed by atoms with van der Waals surface area (Å²) in [5, 5.41) is 23.5. The Balaban J connectivity index is 2.32. The molecule has 2 bridgehead atoms. The van der Waals surface area contributed by atoms with Gasteiger partial charge in [0.05, 0.1) is 5.92 Å². The van der Waals surface area contributed by atoms with Gasteiger partial charge in [-0.15, -0.1) is 0 Å². The van der Waals surface area contributed by atoms with Crippen LogP contribution in [0.25, 0.3) is 0 Å². The topological polar surface area (TPSA) is 46.3 Å². The molecular formula is C17H20F3NO2. The Bertz CT molecular complexity index is 668. The van der Waals surface area contributed by atoms with E-state index in [0.29, 0.717) is 11.2 Å². The van der Waals surface area contributed by atoms with Crippen molar-refractivity contribution in [3.05, 3.63) is 35.5 Å². The highest BCUT2D eigenvalue weighted by Gasteiger charge is 2.84. The first-order valence-electron chi connectivity index (χ1n) is 7.67. The van der Waals surface area contributed by atoms with E-state index >= 15 is 0 Å². The summed E-state index contributed by atoms with van der Waals surface area (Å²) in [5.41, 5.74) is -5.70. The van der Waals surface area contributed by atoms with E-state index in [1.54, 1.807) is 32.0 Å². The number of nitrogens with zero attached hydrogens (tertiary/aromatic N) is 1. The van der Waals surface area contributed by atoms with Crippen LogP contribution in [0.1, 0.15) is 33.6 Å². The zero-order valence-corrected chi connectivity index (χ0v) is 13.3. The summed E-state index contributed by atoms with van der Waals surface area (Å²) >= 11 is 0. The van der Waals surface area contributed by atoms with Crippen LogP contribution in [-0.2, 0) is 0 Å². The van der Waals surface area contributed by atoms with Gasteiger partial charge in [0.25, 0.3) is 0 Å². The lowest BCUT2D eigenvalue weighted by Crippen LogP contribution is -2.62. The number of benzene rings is 1. The molecule has 0 radical (unpaired) electrons. The minimum absolute atomic E-state index is 0.108. The van der Waals surface area contributed by atoms with Crippen molar-refractivity contribution in [1.82, 2.24) is 0 Å².